The third-order valence-electron chi connectivity index (χ3n) is 5.42. The molecule has 1 atom stereocenters. The number of carbonyl (C=O) groups is 1. The first-order chi connectivity index (χ1) is 12.8. The molecule has 0 N–H and O–H groups in total. The zero-order valence-corrected chi connectivity index (χ0v) is 16.0. The molecule has 3 aromatic heterocycles. The first kappa shape index (κ1) is 17.7. The van der Waals surface area contributed by atoms with Crippen LogP contribution in [0.2, 0.25) is 0 Å². The van der Waals surface area contributed by atoms with Crippen molar-refractivity contribution in [2.24, 2.45) is 7.05 Å². The molecular formula is C18H23N5O4. The number of Topliss-reactive ketones (excluding diaryl/α,β-unsaturated/α-hetero) is 1. The number of aryl methyl sites for hydroxylation is 2. The Morgan fingerprint density at radius 2 is 1.96 bits per heavy atom. The minimum Gasteiger partial charge on any atom is -0.376 e. The van der Waals surface area contributed by atoms with Crippen LogP contribution in [-0.4, -0.2) is 41.6 Å². The standard InChI is InChI=1S/C18H23N5O4/c1-10(24)8-22-16(25)14-15(20(4)18(22)26)19-17-21(9-13-6-5-7-27-13)11(2)12(3)23(14)17/h13H,5-9H2,1-4H3. The average molecular weight is 373 g/mol. The zero-order chi connectivity index (χ0) is 19.5. The minimum absolute atomic E-state index is 0.123. The molecular weight excluding hydrogens is 350 g/mol. The highest BCUT2D eigenvalue weighted by Gasteiger charge is 2.25. The fraction of sp³-hybridized carbons (Fsp3) is 0.556. The van der Waals surface area contributed by atoms with Gasteiger partial charge in [0.05, 0.1) is 19.2 Å². The number of aromatic nitrogens is 5. The minimum atomic E-state index is -0.538. The van der Waals surface area contributed by atoms with Gasteiger partial charge < -0.3 is 9.30 Å². The molecule has 0 aliphatic carbocycles. The van der Waals surface area contributed by atoms with Crippen LogP contribution in [0.15, 0.2) is 9.59 Å². The van der Waals surface area contributed by atoms with Gasteiger partial charge in [-0.2, -0.15) is 4.98 Å². The number of hydrogen-bond donors (Lipinski definition) is 0. The lowest BCUT2D eigenvalue weighted by atomic mass is 10.2. The van der Waals surface area contributed by atoms with Crippen molar-refractivity contribution < 1.29 is 9.53 Å². The van der Waals surface area contributed by atoms with Crippen LogP contribution in [0, 0.1) is 13.8 Å². The van der Waals surface area contributed by atoms with Gasteiger partial charge in [0.2, 0.25) is 5.78 Å². The Kier molecular flexibility index (Phi) is 4.06. The van der Waals surface area contributed by atoms with Gasteiger partial charge in [0.25, 0.3) is 5.56 Å². The summed E-state index contributed by atoms with van der Waals surface area (Å²) in [5.74, 6) is 0.362. The Morgan fingerprint density at radius 1 is 1.22 bits per heavy atom. The van der Waals surface area contributed by atoms with Gasteiger partial charge in [-0.05, 0) is 33.6 Å². The van der Waals surface area contributed by atoms with Crippen LogP contribution in [0.25, 0.3) is 16.9 Å². The fourth-order valence-corrected chi connectivity index (χ4v) is 3.89. The van der Waals surface area contributed by atoms with Gasteiger partial charge >= 0.3 is 5.69 Å². The zero-order valence-electron chi connectivity index (χ0n) is 16.0. The highest BCUT2D eigenvalue weighted by atomic mass is 16.5. The maximum atomic E-state index is 13.0. The van der Waals surface area contributed by atoms with Crippen molar-refractivity contribution in [3.63, 3.8) is 0 Å². The van der Waals surface area contributed by atoms with E-state index in [9.17, 15) is 14.4 Å². The normalized spacial score (nSPS) is 17.4. The van der Waals surface area contributed by atoms with Gasteiger partial charge in [-0.1, -0.05) is 0 Å². The molecule has 27 heavy (non-hydrogen) atoms. The third-order valence-corrected chi connectivity index (χ3v) is 5.42. The van der Waals surface area contributed by atoms with Crippen molar-refractivity contribution in [2.45, 2.75) is 52.8 Å². The van der Waals surface area contributed by atoms with Crippen molar-refractivity contribution in [2.75, 3.05) is 6.61 Å². The van der Waals surface area contributed by atoms with Gasteiger partial charge in [-0.15, -0.1) is 0 Å². The van der Waals surface area contributed by atoms with Gasteiger partial charge in [0.1, 0.15) is 5.78 Å². The predicted octanol–water partition coefficient (Wildman–Crippen LogP) is 0.534. The second kappa shape index (κ2) is 6.19. The van der Waals surface area contributed by atoms with Crippen LogP contribution < -0.4 is 11.2 Å². The quantitative estimate of drug-likeness (QED) is 0.665. The molecule has 1 unspecified atom stereocenters. The molecule has 144 valence electrons. The molecule has 9 heteroatoms. The number of ether oxygens (including phenoxy) is 1. The molecule has 0 radical (unpaired) electrons. The summed E-state index contributed by atoms with van der Waals surface area (Å²) >= 11 is 0. The van der Waals surface area contributed by atoms with E-state index in [1.165, 1.54) is 11.5 Å². The molecule has 0 amide bonds. The molecule has 1 saturated heterocycles. The average Bonchev–Trinajstić information content (AvgIpc) is 3.31. The molecule has 4 rings (SSSR count). The first-order valence-electron chi connectivity index (χ1n) is 9.10. The summed E-state index contributed by atoms with van der Waals surface area (Å²) in [5, 5.41) is 0. The van der Waals surface area contributed by atoms with E-state index >= 15 is 0 Å². The lowest BCUT2D eigenvalue weighted by Gasteiger charge is -2.12. The highest BCUT2D eigenvalue weighted by Crippen LogP contribution is 2.23. The second-order valence-electron chi connectivity index (χ2n) is 7.27. The second-order valence-corrected chi connectivity index (χ2v) is 7.27. The maximum absolute atomic E-state index is 13.0. The Labute approximate surface area is 154 Å². The molecule has 0 spiro atoms. The van der Waals surface area contributed by atoms with E-state index in [4.69, 9.17) is 4.74 Å². The molecule has 1 aliphatic heterocycles. The molecule has 3 aromatic rings. The number of nitrogens with zero attached hydrogens (tertiary/aromatic N) is 5. The summed E-state index contributed by atoms with van der Waals surface area (Å²) in [4.78, 5) is 41.7. The van der Waals surface area contributed by atoms with Crippen molar-refractivity contribution in [1.29, 1.82) is 0 Å². The van der Waals surface area contributed by atoms with E-state index in [1.807, 2.05) is 18.4 Å². The van der Waals surface area contributed by atoms with Gasteiger partial charge in [-0.3, -0.25) is 23.1 Å². The van der Waals surface area contributed by atoms with E-state index in [0.717, 1.165) is 35.4 Å². The van der Waals surface area contributed by atoms with E-state index in [-0.39, 0.29) is 18.4 Å². The Morgan fingerprint density at radius 3 is 2.59 bits per heavy atom. The molecule has 0 bridgehead atoms. The van der Waals surface area contributed by atoms with E-state index in [0.29, 0.717) is 23.5 Å². The summed E-state index contributed by atoms with van der Waals surface area (Å²) in [7, 11) is 1.57. The molecule has 0 aromatic carbocycles. The van der Waals surface area contributed by atoms with Crippen LogP contribution in [0.3, 0.4) is 0 Å². The van der Waals surface area contributed by atoms with Crippen LogP contribution in [0.1, 0.15) is 31.2 Å². The van der Waals surface area contributed by atoms with Crippen molar-refractivity contribution in [3.05, 3.63) is 32.2 Å². The largest absolute Gasteiger partial charge is 0.376 e. The lowest BCUT2D eigenvalue weighted by molar-refractivity contribution is -0.117. The summed E-state index contributed by atoms with van der Waals surface area (Å²) < 4.78 is 11.9. The Hall–Kier alpha value is -2.68. The molecule has 1 aliphatic rings. The van der Waals surface area contributed by atoms with E-state index < -0.39 is 11.2 Å². The van der Waals surface area contributed by atoms with Gasteiger partial charge in [-0.25, -0.2) is 4.79 Å². The predicted molar refractivity (Wildman–Crippen MR) is 99.3 cm³/mol. The van der Waals surface area contributed by atoms with Gasteiger partial charge in [0, 0.05) is 25.0 Å². The van der Waals surface area contributed by atoms with Crippen molar-refractivity contribution in [3.8, 4) is 0 Å². The summed E-state index contributed by atoms with van der Waals surface area (Å²) in [6.45, 7) is 6.44. The molecule has 4 heterocycles. The fourth-order valence-electron chi connectivity index (χ4n) is 3.89. The third kappa shape index (κ3) is 2.56. The number of carbonyl (C=O) groups excluding carboxylic acids is 1. The van der Waals surface area contributed by atoms with Crippen LogP contribution in [0.4, 0.5) is 0 Å². The smallest absolute Gasteiger partial charge is 0.332 e. The van der Waals surface area contributed by atoms with Crippen LogP contribution >= 0.6 is 0 Å². The number of rotatable bonds is 4. The monoisotopic (exact) mass is 373 g/mol. The van der Waals surface area contributed by atoms with E-state index in [2.05, 4.69) is 4.98 Å². The summed E-state index contributed by atoms with van der Waals surface area (Å²) in [6, 6.07) is 0. The molecule has 0 saturated carbocycles. The van der Waals surface area contributed by atoms with Crippen LogP contribution in [0.5, 0.6) is 0 Å². The number of hydrogen-bond acceptors (Lipinski definition) is 5. The van der Waals surface area contributed by atoms with Crippen LogP contribution in [-0.2, 0) is 29.7 Å². The van der Waals surface area contributed by atoms with E-state index in [1.54, 1.807) is 11.4 Å². The first-order valence-corrected chi connectivity index (χ1v) is 9.10. The maximum Gasteiger partial charge on any atom is 0.332 e. The lowest BCUT2D eigenvalue weighted by Crippen LogP contribution is -2.40. The summed E-state index contributed by atoms with van der Waals surface area (Å²) in [6.07, 6.45) is 2.16. The molecule has 1 fully saturated rings. The van der Waals surface area contributed by atoms with Gasteiger partial charge in [0.15, 0.2) is 11.2 Å². The molecule has 9 nitrogen and oxygen atoms in total. The summed E-state index contributed by atoms with van der Waals surface area (Å²) in [5.41, 5.74) is 1.50. The highest BCUT2D eigenvalue weighted by molar-refractivity contribution is 5.78. The number of fused-ring (bicyclic) bond motifs is 3. The Balaban J connectivity index is 2.04. The van der Waals surface area contributed by atoms with Crippen molar-refractivity contribution in [1.82, 2.24) is 23.1 Å². The SMILES string of the molecule is CC(=O)Cn1c(=O)c2c(nc3n(CC4CCCO4)c(C)c(C)n23)n(C)c1=O. The topological polar surface area (TPSA) is 92.5 Å². The van der Waals surface area contributed by atoms with Crippen molar-refractivity contribution >= 4 is 22.7 Å². The Bertz CT molecular complexity index is 1190. The number of ketones is 1. The number of imidazole rings is 2.